The highest BCUT2D eigenvalue weighted by Gasteiger charge is 2.16. The van der Waals surface area contributed by atoms with Crippen LogP contribution in [0.2, 0.25) is 0 Å². The molecule has 1 fully saturated rings. The molecule has 0 unspecified atom stereocenters. The van der Waals surface area contributed by atoms with Crippen molar-refractivity contribution in [3.05, 3.63) is 12.4 Å². The fourth-order valence-corrected chi connectivity index (χ4v) is 2.23. The number of nitrogens with two attached hydrogens (primary N) is 1. The average Bonchev–Trinajstić information content (AvgIpc) is 2.48. The number of nitrogens with zero attached hydrogens (tertiary/aromatic N) is 4. The molecule has 6 nitrogen and oxygen atoms in total. The summed E-state index contributed by atoms with van der Waals surface area (Å²) in [7, 11) is 0. The fourth-order valence-electron chi connectivity index (χ4n) is 2.23. The second-order valence-electron chi connectivity index (χ2n) is 4.75. The van der Waals surface area contributed by atoms with Crippen LogP contribution in [0, 0.1) is 0 Å². The number of rotatable bonds is 6. The Hall–Kier alpha value is -1.40. The molecule has 3 N–H and O–H groups in total. The third-order valence-corrected chi connectivity index (χ3v) is 3.48. The third-order valence-electron chi connectivity index (χ3n) is 3.48. The number of likely N-dealkylation sites (N-methyl/N-ethyl adjacent to an activating group) is 1. The van der Waals surface area contributed by atoms with E-state index in [2.05, 4.69) is 32.0 Å². The van der Waals surface area contributed by atoms with Gasteiger partial charge in [-0.2, -0.15) is 0 Å². The van der Waals surface area contributed by atoms with Gasteiger partial charge in [-0.25, -0.2) is 9.97 Å². The van der Waals surface area contributed by atoms with Crippen LogP contribution in [0.4, 0.5) is 11.6 Å². The zero-order valence-corrected chi connectivity index (χ0v) is 11.7. The van der Waals surface area contributed by atoms with Crippen LogP contribution >= 0.6 is 0 Å². The highest BCUT2D eigenvalue weighted by Crippen LogP contribution is 2.16. The van der Waals surface area contributed by atoms with E-state index < -0.39 is 0 Å². The summed E-state index contributed by atoms with van der Waals surface area (Å²) < 4.78 is 0. The van der Waals surface area contributed by atoms with Gasteiger partial charge in [0.05, 0.1) is 0 Å². The minimum absolute atomic E-state index is 0.698. The predicted octanol–water partition coefficient (Wildman–Crippen LogP) is 0.379. The van der Waals surface area contributed by atoms with Crippen molar-refractivity contribution < 1.29 is 0 Å². The van der Waals surface area contributed by atoms with Gasteiger partial charge in [0.2, 0.25) is 0 Å². The molecule has 6 heteroatoms. The maximum Gasteiger partial charge on any atom is 0.134 e. The molecule has 0 atom stereocenters. The summed E-state index contributed by atoms with van der Waals surface area (Å²) in [6.07, 6.45) is 2.58. The lowest BCUT2D eigenvalue weighted by molar-refractivity contribution is 0.270. The number of nitrogens with one attached hydrogen (secondary N) is 1. The van der Waals surface area contributed by atoms with Crippen molar-refractivity contribution in [1.82, 2.24) is 14.9 Å². The molecule has 0 aliphatic carbocycles. The van der Waals surface area contributed by atoms with Crippen molar-refractivity contribution >= 4 is 11.6 Å². The van der Waals surface area contributed by atoms with Crippen LogP contribution in [-0.2, 0) is 0 Å². The quantitative estimate of drug-likeness (QED) is 0.724. The zero-order valence-electron chi connectivity index (χ0n) is 11.7. The van der Waals surface area contributed by atoms with Gasteiger partial charge in [0.15, 0.2) is 0 Å². The van der Waals surface area contributed by atoms with Crippen LogP contribution in [0.5, 0.6) is 0 Å². The smallest absolute Gasteiger partial charge is 0.134 e. The first-order valence-electron chi connectivity index (χ1n) is 7.06. The van der Waals surface area contributed by atoms with Crippen LogP contribution < -0.4 is 16.0 Å². The second kappa shape index (κ2) is 7.25. The minimum atomic E-state index is 0.698. The maximum atomic E-state index is 5.48. The molecule has 0 amide bonds. The summed E-state index contributed by atoms with van der Waals surface area (Å²) in [4.78, 5) is 13.4. The number of hydrogen-bond acceptors (Lipinski definition) is 6. The minimum Gasteiger partial charge on any atom is -0.370 e. The highest BCUT2D eigenvalue weighted by atomic mass is 15.3. The first-order valence-corrected chi connectivity index (χ1v) is 7.06. The summed E-state index contributed by atoms with van der Waals surface area (Å²) in [5, 5.41) is 3.28. The van der Waals surface area contributed by atoms with Crippen LogP contribution in [0.1, 0.15) is 13.3 Å². The third kappa shape index (κ3) is 4.04. The SMILES string of the molecule is CCN1CCN(c2cc(NCCCN)ncn2)CC1. The predicted molar refractivity (Wildman–Crippen MR) is 78.5 cm³/mol. The molecule has 2 rings (SSSR count). The first-order chi connectivity index (χ1) is 9.33. The van der Waals surface area contributed by atoms with E-state index in [1.165, 1.54) is 0 Å². The summed E-state index contributed by atoms with van der Waals surface area (Å²) >= 11 is 0. The molecule has 1 aliphatic rings. The molecular formula is C13H24N6. The molecule has 0 radical (unpaired) electrons. The van der Waals surface area contributed by atoms with Gasteiger partial charge >= 0.3 is 0 Å². The summed E-state index contributed by atoms with van der Waals surface area (Å²) in [5.74, 6) is 1.90. The molecule has 19 heavy (non-hydrogen) atoms. The first kappa shape index (κ1) is 14.0. The van der Waals surface area contributed by atoms with E-state index in [-0.39, 0.29) is 0 Å². The van der Waals surface area contributed by atoms with E-state index in [1.54, 1.807) is 6.33 Å². The molecular weight excluding hydrogens is 240 g/mol. The number of anilines is 2. The summed E-state index contributed by atoms with van der Waals surface area (Å²) in [6.45, 7) is 9.18. The molecule has 0 spiro atoms. The van der Waals surface area contributed by atoms with Crippen LogP contribution in [0.25, 0.3) is 0 Å². The van der Waals surface area contributed by atoms with Gasteiger partial charge in [-0.3, -0.25) is 0 Å². The molecule has 2 heterocycles. The molecule has 0 bridgehead atoms. The highest BCUT2D eigenvalue weighted by molar-refractivity contribution is 5.48. The monoisotopic (exact) mass is 264 g/mol. The lowest BCUT2D eigenvalue weighted by atomic mass is 10.3. The van der Waals surface area contributed by atoms with Crippen molar-refractivity contribution in [1.29, 1.82) is 0 Å². The van der Waals surface area contributed by atoms with Crippen LogP contribution in [-0.4, -0.2) is 60.7 Å². The van der Waals surface area contributed by atoms with Crippen molar-refractivity contribution in [2.45, 2.75) is 13.3 Å². The lowest BCUT2D eigenvalue weighted by Gasteiger charge is -2.34. The van der Waals surface area contributed by atoms with E-state index in [1.807, 2.05) is 6.07 Å². The summed E-state index contributed by atoms with van der Waals surface area (Å²) in [5.41, 5.74) is 5.48. The van der Waals surface area contributed by atoms with Crippen LogP contribution in [0.15, 0.2) is 12.4 Å². The van der Waals surface area contributed by atoms with Crippen molar-refractivity contribution in [3.8, 4) is 0 Å². The van der Waals surface area contributed by atoms with Crippen LogP contribution in [0.3, 0.4) is 0 Å². The topological polar surface area (TPSA) is 70.3 Å². The normalized spacial score (nSPS) is 16.6. The molecule has 0 aromatic carbocycles. The van der Waals surface area contributed by atoms with Gasteiger partial charge in [-0.15, -0.1) is 0 Å². The molecule has 1 saturated heterocycles. The Morgan fingerprint density at radius 2 is 2.05 bits per heavy atom. The average molecular weight is 264 g/mol. The Labute approximate surface area is 115 Å². The van der Waals surface area contributed by atoms with Gasteiger partial charge in [0, 0.05) is 38.8 Å². The van der Waals surface area contributed by atoms with Gasteiger partial charge in [0.1, 0.15) is 18.0 Å². The Bertz CT molecular complexity index is 375. The Morgan fingerprint density at radius 1 is 1.26 bits per heavy atom. The van der Waals surface area contributed by atoms with E-state index in [0.717, 1.165) is 57.3 Å². The van der Waals surface area contributed by atoms with Gasteiger partial charge < -0.3 is 20.9 Å². The molecule has 0 saturated carbocycles. The van der Waals surface area contributed by atoms with E-state index in [4.69, 9.17) is 5.73 Å². The Kier molecular flexibility index (Phi) is 5.35. The number of hydrogen-bond donors (Lipinski definition) is 2. The van der Waals surface area contributed by atoms with Gasteiger partial charge in [0.25, 0.3) is 0 Å². The molecule has 1 aromatic heterocycles. The van der Waals surface area contributed by atoms with E-state index >= 15 is 0 Å². The number of piperazine rings is 1. The standard InChI is InChI=1S/C13H24N6/c1-2-18-6-8-19(9-7-18)13-10-12(16-11-17-13)15-5-3-4-14/h10-11H,2-9,14H2,1H3,(H,15,16,17). The fraction of sp³-hybridized carbons (Fsp3) is 0.692. The molecule has 1 aromatic rings. The van der Waals surface area contributed by atoms with E-state index in [0.29, 0.717) is 6.54 Å². The van der Waals surface area contributed by atoms with Crippen molar-refractivity contribution in [2.75, 3.05) is 56.0 Å². The number of aromatic nitrogens is 2. The molecule has 1 aliphatic heterocycles. The van der Waals surface area contributed by atoms with Gasteiger partial charge in [-0.1, -0.05) is 6.92 Å². The van der Waals surface area contributed by atoms with Crippen molar-refractivity contribution in [2.24, 2.45) is 5.73 Å². The maximum absolute atomic E-state index is 5.48. The summed E-state index contributed by atoms with van der Waals surface area (Å²) in [6, 6.07) is 2.03. The van der Waals surface area contributed by atoms with Crippen molar-refractivity contribution in [3.63, 3.8) is 0 Å². The second-order valence-corrected chi connectivity index (χ2v) is 4.75. The Morgan fingerprint density at radius 3 is 2.74 bits per heavy atom. The largest absolute Gasteiger partial charge is 0.370 e. The van der Waals surface area contributed by atoms with Gasteiger partial charge in [-0.05, 0) is 19.5 Å². The molecule has 106 valence electrons. The lowest BCUT2D eigenvalue weighted by Crippen LogP contribution is -2.46. The van der Waals surface area contributed by atoms with E-state index in [9.17, 15) is 0 Å². The zero-order chi connectivity index (χ0) is 13.5. The Balaban J connectivity index is 1.91.